The fraction of sp³-hybridized carbons (Fsp3) is 0.231. The summed E-state index contributed by atoms with van der Waals surface area (Å²) in [5.41, 5.74) is 0. The van der Waals surface area contributed by atoms with E-state index in [0.29, 0.717) is 17.6 Å². The van der Waals surface area contributed by atoms with Crippen molar-refractivity contribution in [3.05, 3.63) is 49.0 Å². The van der Waals surface area contributed by atoms with Gasteiger partial charge in [-0.05, 0) is 23.6 Å². The fourth-order valence-electron chi connectivity index (χ4n) is 1.85. The molecular formula is C13H12BrCl2NO2S2. The summed E-state index contributed by atoms with van der Waals surface area (Å²) in [6.07, 6.45) is 0. The number of rotatable bonds is 5. The van der Waals surface area contributed by atoms with Crippen LogP contribution in [0.2, 0.25) is 10.0 Å². The zero-order chi connectivity index (χ0) is 15.6. The highest BCUT2D eigenvalue weighted by atomic mass is 79.9. The second kappa shape index (κ2) is 6.98. The minimum absolute atomic E-state index is 0.0487. The Bertz CT molecular complexity index is 710. The first kappa shape index (κ1) is 17.2. The van der Waals surface area contributed by atoms with Gasteiger partial charge >= 0.3 is 0 Å². The van der Waals surface area contributed by atoms with Crippen LogP contribution in [0.15, 0.2) is 39.0 Å². The molecule has 0 saturated heterocycles. The maximum Gasteiger partial charge on any atom is 0.246 e. The number of benzene rings is 1. The molecule has 0 spiro atoms. The molecule has 1 heterocycles. The van der Waals surface area contributed by atoms with E-state index in [1.165, 1.54) is 27.8 Å². The Morgan fingerprint density at radius 3 is 2.38 bits per heavy atom. The molecule has 0 fully saturated rings. The smallest absolute Gasteiger partial charge is 0.207 e. The molecule has 0 N–H and O–H groups in total. The number of thiophene rings is 1. The molecule has 0 atom stereocenters. The molecule has 3 nitrogen and oxygen atoms in total. The Labute approximate surface area is 146 Å². The molecule has 0 bridgehead atoms. The van der Waals surface area contributed by atoms with Gasteiger partial charge in [-0.15, -0.1) is 11.3 Å². The Hall–Kier alpha value is -0.110. The van der Waals surface area contributed by atoms with Crippen molar-refractivity contribution in [1.29, 1.82) is 0 Å². The quantitative estimate of drug-likeness (QED) is 0.669. The third-order valence-electron chi connectivity index (χ3n) is 2.83. The van der Waals surface area contributed by atoms with E-state index in [1.54, 1.807) is 6.92 Å². The third-order valence-corrected chi connectivity index (χ3v) is 6.99. The molecule has 0 amide bonds. The first-order chi connectivity index (χ1) is 9.86. The number of sulfonamides is 1. The van der Waals surface area contributed by atoms with E-state index >= 15 is 0 Å². The maximum absolute atomic E-state index is 12.8. The van der Waals surface area contributed by atoms with Crippen LogP contribution in [-0.2, 0) is 16.6 Å². The van der Waals surface area contributed by atoms with Crippen molar-refractivity contribution in [2.24, 2.45) is 0 Å². The summed E-state index contributed by atoms with van der Waals surface area (Å²) >= 11 is 16.9. The highest BCUT2D eigenvalue weighted by molar-refractivity contribution is 9.10. The molecule has 0 aliphatic rings. The summed E-state index contributed by atoms with van der Waals surface area (Å²) in [4.78, 5) is 0.914. The van der Waals surface area contributed by atoms with Gasteiger partial charge in [-0.3, -0.25) is 0 Å². The second-order valence-electron chi connectivity index (χ2n) is 4.21. The van der Waals surface area contributed by atoms with Crippen LogP contribution in [0.5, 0.6) is 0 Å². The topological polar surface area (TPSA) is 37.4 Å². The molecule has 1 aromatic carbocycles. The van der Waals surface area contributed by atoms with Crippen molar-refractivity contribution in [3.63, 3.8) is 0 Å². The molecule has 0 aliphatic heterocycles. The van der Waals surface area contributed by atoms with Crippen LogP contribution in [-0.4, -0.2) is 19.3 Å². The molecule has 0 radical (unpaired) electrons. The first-order valence-corrected chi connectivity index (χ1v) is 9.90. The van der Waals surface area contributed by atoms with E-state index in [2.05, 4.69) is 15.9 Å². The zero-order valence-electron chi connectivity index (χ0n) is 11.0. The van der Waals surface area contributed by atoms with Gasteiger partial charge in [0.2, 0.25) is 10.0 Å². The molecule has 114 valence electrons. The first-order valence-electron chi connectivity index (χ1n) is 6.03. The maximum atomic E-state index is 12.8. The minimum Gasteiger partial charge on any atom is -0.207 e. The van der Waals surface area contributed by atoms with Crippen LogP contribution in [0.25, 0.3) is 0 Å². The highest BCUT2D eigenvalue weighted by Crippen LogP contribution is 2.35. The van der Waals surface area contributed by atoms with Crippen molar-refractivity contribution >= 4 is 60.5 Å². The average molecular weight is 429 g/mol. The van der Waals surface area contributed by atoms with Crippen molar-refractivity contribution in [3.8, 4) is 0 Å². The van der Waals surface area contributed by atoms with Crippen LogP contribution in [0.1, 0.15) is 11.8 Å². The fourth-order valence-corrected chi connectivity index (χ4v) is 5.96. The lowest BCUT2D eigenvalue weighted by molar-refractivity contribution is 0.426. The predicted molar refractivity (Wildman–Crippen MR) is 91.8 cm³/mol. The molecule has 2 aromatic rings. The number of halogens is 3. The van der Waals surface area contributed by atoms with Gasteiger partial charge in [0.25, 0.3) is 0 Å². The summed E-state index contributed by atoms with van der Waals surface area (Å²) in [5.74, 6) is 0. The Balaban J connectivity index is 2.45. The van der Waals surface area contributed by atoms with Crippen LogP contribution in [0.4, 0.5) is 0 Å². The summed E-state index contributed by atoms with van der Waals surface area (Å²) < 4.78 is 27.6. The Morgan fingerprint density at radius 2 is 1.90 bits per heavy atom. The predicted octanol–water partition coefficient (Wildman–Crippen LogP) is 5.03. The summed E-state index contributed by atoms with van der Waals surface area (Å²) in [5, 5.41) is 2.13. The molecule has 0 saturated carbocycles. The van der Waals surface area contributed by atoms with Gasteiger partial charge in [0.1, 0.15) is 4.90 Å². The monoisotopic (exact) mass is 427 g/mol. The standard InChI is InChI=1S/C13H12BrCl2NO2S2/c1-2-17(8-10-4-3-5-20-10)21(18,19)13-11(15)6-9(14)7-12(13)16/h3-7H,2,8H2,1H3. The van der Waals surface area contributed by atoms with Crippen LogP contribution in [0.3, 0.4) is 0 Å². The number of hydrogen-bond donors (Lipinski definition) is 0. The van der Waals surface area contributed by atoms with Gasteiger partial charge < -0.3 is 0 Å². The zero-order valence-corrected chi connectivity index (χ0v) is 15.7. The van der Waals surface area contributed by atoms with Crippen molar-refractivity contribution in [1.82, 2.24) is 4.31 Å². The SMILES string of the molecule is CCN(Cc1cccs1)S(=O)(=O)c1c(Cl)cc(Br)cc1Cl. The van der Waals surface area contributed by atoms with Crippen LogP contribution < -0.4 is 0 Å². The van der Waals surface area contributed by atoms with E-state index in [9.17, 15) is 8.42 Å². The van der Waals surface area contributed by atoms with Crippen LogP contribution in [0, 0.1) is 0 Å². The van der Waals surface area contributed by atoms with Gasteiger partial charge in [-0.1, -0.05) is 52.1 Å². The van der Waals surface area contributed by atoms with Gasteiger partial charge in [0.05, 0.1) is 10.0 Å². The van der Waals surface area contributed by atoms with Crippen molar-refractivity contribution in [2.45, 2.75) is 18.4 Å². The lowest BCUT2D eigenvalue weighted by Gasteiger charge is -2.21. The average Bonchev–Trinajstić information content (AvgIpc) is 2.86. The van der Waals surface area contributed by atoms with Crippen molar-refractivity contribution in [2.75, 3.05) is 6.54 Å². The van der Waals surface area contributed by atoms with Crippen molar-refractivity contribution < 1.29 is 8.42 Å². The van der Waals surface area contributed by atoms with E-state index in [1.807, 2.05) is 17.5 Å². The normalized spacial score (nSPS) is 12.0. The van der Waals surface area contributed by atoms with E-state index in [4.69, 9.17) is 23.2 Å². The van der Waals surface area contributed by atoms with Crippen LogP contribution >= 0.6 is 50.5 Å². The summed E-state index contributed by atoms with van der Waals surface area (Å²) in [7, 11) is -3.75. The molecule has 1 aromatic heterocycles. The van der Waals surface area contributed by atoms with Gasteiger partial charge in [0.15, 0.2) is 0 Å². The van der Waals surface area contributed by atoms with E-state index in [0.717, 1.165) is 4.88 Å². The van der Waals surface area contributed by atoms with Gasteiger partial charge in [-0.2, -0.15) is 4.31 Å². The molecular weight excluding hydrogens is 417 g/mol. The summed E-state index contributed by atoms with van der Waals surface area (Å²) in [6, 6.07) is 6.84. The van der Waals surface area contributed by atoms with E-state index in [-0.39, 0.29) is 14.9 Å². The molecule has 8 heteroatoms. The number of nitrogens with zero attached hydrogens (tertiary/aromatic N) is 1. The van der Waals surface area contributed by atoms with Gasteiger partial charge in [0, 0.05) is 22.4 Å². The minimum atomic E-state index is -3.75. The molecule has 0 aliphatic carbocycles. The Morgan fingerprint density at radius 1 is 1.29 bits per heavy atom. The number of hydrogen-bond acceptors (Lipinski definition) is 3. The van der Waals surface area contributed by atoms with Gasteiger partial charge in [-0.25, -0.2) is 8.42 Å². The molecule has 21 heavy (non-hydrogen) atoms. The lowest BCUT2D eigenvalue weighted by atomic mass is 10.4. The largest absolute Gasteiger partial charge is 0.246 e. The third kappa shape index (κ3) is 3.81. The second-order valence-corrected chi connectivity index (χ2v) is 8.85. The van der Waals surface area contributed by atoms with E-state index < -0.39 is 10.0 Å². The molecule has 0 unspecified atom stereocenters. The molecule has 2 rings (SSSR count). The Kier molecular flexibility index (Phi) is 5.73. The lowest BCUT2D eigenvalue weighted by Crippen LogP contribution is -2.30. The summed E-state index contributed by atoms with van der Waals surface area (Å²) in [6.45, 7) is 2.42. The highest BCUT2D eigenvalue weighted by Gasteiger charge is 2.28.